The van der Waals surface area contributed by atoms with Gasteiger partial charge < -0.3 is 9.88 Å². The van der Waals surface area contributed by atoms with Crippen LogP contribution in [0.5, 0.6) is 0 Å². The van der Waals surface area contributed by atoms with Gasteiger partial charge in [-0.2, -0.15) is 5.26 Å². The van der Waals surface area contributed by atoms with Crippen molar-refractivity contribution in [3.63, 3.8) is 0 Å². The monoisotopic (exact) mass is 203 g/mol. The molecule has 0 saturated heterocycles. The number of aromatic nitrogens is 1. The molecule has 0 saturated carbocycles. The van der Waals surface area contributed by atoms with Crippen molar-refractivity contribution in [2.75, 3.05) is 13.6 Å². The molecular weight excluding hydrogens is 190 g/mol. The molecule has 0 atom stereocenters. The zero-order valence-electron chi connectivity index (χ0n) is 8.71. The summed E-state index contributed by atoms with van der Waals surface area (Å²) in [6.45, 7) is 1.82. The Morgan fingerprint density at radius 3 is 3.20 bits per heavy atom. The van der Waals surface area contributed by atoms with E-state index < -0.39 is 0 Å². The maximum Gasteiger partial charge on any atom is 0.252 e. The minimum atomic E-state index is -0.111. The topological polar surface area (TPSA) is 59.9 Å². The van der Waals surface area contributed by atoms with Crippen LogP contribution in [0.1, 0.15) is 16.8 Å². The van der Waals surface area contributed by atoms with Gasteiger partial charge in [0, 0.05) is 30.8 Å². The van der Waals surface area contributed by atoms with Crippen LogP contribution in [0, 0.1) is 11.3 Å². The molecule has 0 aromatic carbocycles. The molecule has 1 N–H and O–H groups in total. The first-order valence-corrected chi connectivity index (χ1v) is 5.00. The van der Waals surface area contributed by atoms with E-state index in [0.717, 1.165) is 30.8 Å². The van der Waals surface area contributed by atoms with Crippen LogP contribution in [0.2, 0.25) is 0 Å². The second kappa shape index (κ2) is 3.87. The fourth-order valence-corrected chi connectivity index (χ4v) is 1.91. The van der Waals surface area contributed by atoms with Gasteiger partial charge in [0.1, 0.15) is 0 Å². The van der Waals surface area contributed by atoms with Gasteiger partial charge in [0.2, 0.25) is 0 Å². The molecule has 0 amide bonds. The summed E-state index contributed by atoms with van der Waals surface area (Å²) >= 11 is 0. The van der Waals surface area contributed by atoms with Crippen molar-refractivity contribution in [3.8, 4) is 6.07 Å². The highest BCUT2D eigenvalue weighted by Gasteiger charge is 2.15. The first kappa shape index (κ1) is 9.94. The molecule has 0 spiro atoms. The number of aromatic amines is 1. The largest absolute Gasteiger partial charge is 0.326 e. The van der Waals surface area contributed by atoms with Crippen molar-refractivity contribution < 1.29 is 0 Å². The van der Waals surface area contributed by atoms with Gasteiger partial charge >= 0.3 is 0 Å². The van der Waals surface area contributed by atoms with Crippen LogP contribution < -0.4 is 5.56 Å². The molecule has 0 aliphatic carbocycles. The zero-order chi connectivity index (χ0) is 10.8. The third kappa shape index (κ3) is 1.92. The number of rotatable bonds is 1. The molecule has 0 unspecified atom stereocenters. The van der Waals surface area contributed by atoms with Gasteiger partial charge in [0.05, 0.1) is 12.5 Å². The van der Waals surface area contributed by atoms with E-state index >= 15 is 0 Å². The summed E-state index contributed by atoms with van der Waals surface area (Å²) in [4.78, 5) is 16.6. The molecule has 15 heavy (non-hydrogen) atoms. The number of nitrogens with one attached hydrogen (secondary N) is 1. The van der Waals surface area contributed by atoms with E-state index in [0.29, 0.717) is 5.56 Å². The Morgan fingerprint density at radius 2 is 2.47 bits per heavy atom. The maximum absolute atomic E-state index is 11.5. The van der Waals surface area contributed by atoms with Gasteiger partial charge in [-0.25, -0.2) is 0 Å². The van der Waals surface area contributed by atoms with Crippen molar-refractivity contribution in [2.45, 2.75) is 19.4 Å². The molecule has 2 heterocycles. The predicted molar refractivity (Wildman–Crippen MR) is 56.4 cm³/mol. The molecule has 1 aromatic heterocycles. The Bertz CT molecular complexity index is 470. The van der Waals surface area contributed by atoms with Crippen molar-refractivity contribution in [2.24, 2.45) is 0 Å². The molecule has 1 aromatic rings. The average Bonchev–Trinajstić information content (AvgIpc) is 2.20. The van der Waals surface area contributed by atoms with Gasteiger partial charge in [0.15, 0.2) is 0 Å². The molecule has 1 aliphatic heterocycles. The summed E-state index contributed by atoms with van der Waals surface area (Å²) in [5.41, 5.74) is 2.64. The third-order valence-corrected chi connectivity index (χ3v) is 2.75. The van der Waals surface area contributed by atoms with E-state index in [9.17, 15) is 4.79 Å². The average molecular weight is 203 g/mol. The van der Waals surface area contributed by atoms with Crippen molar-refractivity contribution in [3.05, 3.63) is 33.2 Å². The van der Waals surface area contributed by atoms with Gasteiger partial charge in [-0.15, -0.1) is 0 Å². The van der Waals surface area contributed by atoms with Crippen LogP contribution in [0.4, 0.5) is 0 Å². The molecule has 0 bridgehead atoms. The summed E-state index contributed by atoms with van der Waals surface area (Å²) in [7, 11) is 2.05. The first-order valence-electron chi connectivity index (χ1n) is 5.00. The van der Waals surface area contributed by atoms with Crippen LogP contribution in [-0.2, 0) is 19.4 Å². The Labute approximate surface area is 88.1 Å². The van der Waals surface area contributed by atoms with Crippen molar-refractivity contribution >= 4 is 0 Å². The number of nitriles is 1. The number of hydrogen-bond acceptors (Lipinski definition) is 3. The molecular formula is C11H13N3O. The van der Waals surface area contributed by atoms with Crippen LogP contribution >= 0.6 is 0 Å². The Hall–Kier alpha value is -1.60. The normalized spacial score (nSPS) is 15.7. The van der Waals surface area contributed by atoms with E-state index in [1.54, 1.807) is 0 Å². The highest BCUT2D eigenvalue weighted by molar-refractivity contribution is 5.28. The smallest absolute Gasteiger partial charge is 0.252 e. The lowest BCUT2D eigenvalue weighted by Crippen LogP contribution is -2.30. The Kier molecular flexibility index (Phi) is 2.57. The number of fused-ring (bicyclic) bond motifs is 1. The molecule has 2 rings (SSSR count). The van der Waals surface area contributed by atoms with E-state index in [4.69, 9.17) is 5.26 Å². The molecule has 78 valence electrons. The summed E-state index contributed by atoms with van der Waals surface area (Å²) < 4.78 is 0. The van der Waals surface area contributed by atoms with E-state index in [-0.39, 0.29) is 12.0 Å². The van der Waals surface area contributed by atoms with E-state index in [1.807, 2.05) is 12.1 Å². The van der Waals surface area contributed by atoms with Crippen molar-refractivity contribution in [1.29, 1.82) is 5.26 Å². The predicted octanol–water partition coefficient (Wildman–Crippen LogP) is 0.429. The molecule has 4 nitrogen and oxygen atoms in total. The van der Waals surface area contributed by atoms with E-state index in [2.05, 4.69) is 16.9 Å². The minimum Gasteiger partial charge on any atom is -0.326 e. The number of likely N-dealkylation sites (N-methyl/N-ethyl adjacent to an activating group) is 1. The van der Waals surface area contributed by atoms with Gasteiger partial charge in [-0.3, -0.25) is 4.79 Å². The fraction of sp³-hybridized carbons (Fsp3) is 0.455. The van der Waals surface area contributed by atoms with Crippen LogP contribution in [0.3, 0.4) is 0 Å². The minimum absolute atomic E-state index is 0.111. The molecule has 1 aliphatic rings. The standard InChI is InChI=1S/C11H13N3O/c1-14-5-3-10-9(7-14)6-8(2-4-12)11(15)13-10/h6H,2-3,5,7H2,1H3,(H,13,15). The SMILES string of the molecule is CN1CCc2[nH]c(=O)c(CC#N)cc2C1. The number of pyridine rings is 1. The molecule has 0 radical (unpaired) electrons. The van der Waals surface area contributed by atoms with Crippen molar-refractivity contribution in [1.82, 2.24) is 9.88 Å². The molecule has 0 fully saturated rings. The summed E-state index contributed by atoms with van der Waals surface area (Å²) in [6.07, 6.45) is 1.07. The first-order chi connectivity index (χ1) is 7.20. The lowest BCUT2D eigenvalue weighted by Gasteiger charge is -2.24. The summed E-state index contributed by atoms with van der Waals surface area (Å²) in [6, 6.07) is 3.88. The number of H-pyrrole nitrogens is 1. The second-order valence-corrected chi connectivity index (χ2v) is 3.95. The third-order valence-electron chi connectivity index (χ3n) is 2.75. The highest BCUT2D eigenvalue weighted by Crippen LogP contribution is 2.15. The number of hydrogen-bond donors (Lipinski definition) is 1. The lowest BCUT2D eigenvalue weighted by molar-refractivity contribution is 0.309. The van der Waals surface area contributed by atoms with Crippen LogP contribution in [0.15, 0.2) is 10.9 Å². The zero-order valence-corrected chi connectivity index (χ0v) is 8.71. The van der Waals surface area contributed by atoms with Crippen LogP contribution in [-0.4, -0.2) is 23.5 Å². The van der Waals surface area contributed by atoms with Gasteiger partial charge in [-0.1, -0.05) is 0 Å². The Morgan fingerprint density at radius 1 is 1.67 bits per heavy atom. The molecule has 4 heteroatoms. The Balaban J connectivity index is 2.43. The lowest BCUT2D eigenvalue weighted by atomic mass is 10.0. The van der Waals surface area contributed by atoms with E-state index in [1.165, 1.54) is 0 Å². The van der Waals surface area contributed by atoms with Gasteiger partial charge in [0.25, 0.3) is 5.56 Å². The summed E-state index contributed by atoms with van der Waals surface area (Å²) in [5.74, 6) is 0. The quantitative estimate of drug-likeness (QED) is 0.720. The fourth-order valence-electron chi connectivity index (χ4n) is 1.91. The number of nitrogens with zero attached hydrogens (tertiary/aromatic N) is 2. The van der Waals surface area contributed by atoms with Crippen LogP contribution in [0.25, 0.3) is 0 Å². The second-order valence-electron chi connectivity index (χ2n) is 3.95. The van der Waals surface area contributed by atoms with Gasteiger partial charge in [-0.05, 0) is 18.7 Å². The summed E-state index contributed by atoms with van der Waals surface area (Å²) in [5, 5.41) is 8.59. The maximum atomic E-state index is 11.5. The highest BCUT2D eigenvalue weighted by atomic mass is 16.1.